The number of nitrogens with one attached hydrogen (secondary N) is 1. The fraction of sp³-hybridized carbons (Fsp3) is 0.176. The predicted octanol–water partition coefficient (Wildman–Crippen LogP) is 2.74. The number of nitrogens with zero attached hydrogens (tertiary/aromatic N) is 1. The molecule has 0 atom stereocenters. The second-order valence-corrected chi connectivity index (χ2v) is 5.52. The van der Waals surface area contributed by atoms with Crippen LogP contribution in [0.25, 0.3) is 0 Å². The zero-order valence-electron chi connectivity index (χ0n) is 12.7. The summed E-state index contributed by atoms with van der Waals surface area (Å²) in [5, 5.41) is 11.5. The van der Waals surface area contributed by atoms with Crippen molar-refractivity contribution in [3.05, 3.63) is 53.1 Å². The lowest BCUT2D eigenvalue weighted by atomic mass is 9.92. The van der Waals surface area contributed by atoms with E-state index in [1.807, 2.05) is 31.2 Å². The van der Waals surface area contributed by atoms with Gasteiger partial charge in [0, 0.05) is 17.0 Å². The van der Waals surface area contributed by atoms with Gasteiger partial charge in [-0.15, -0.1) is 12.6 Å². The van der Waals surface area contributed by atoms with E-state index in [9.17, 15) is 4.79 Å². The van der Waals surface area contributed by atoms with Gasteiger partial charge in [-0.05, 0) is 36.2 Å². The fourth-order valence-corrected chi connectivity index (χ4v) is 2.30. The zero-order valence-corrected chi connectivity index (χ0v) is 13.6. The summed E-state index contributed by atoms with van der Waals surface area (Å²) in [4.78, 5) is 12.3. The van der Waals surface area contributed by atoms with Crippen LogP contribution in [0.15, 0.2) is 41.3 Å². The van der Waals surface area contributed by atoms with Crippen molar-refractivity contribution < 1.29 is 9.53 Å². The predicted molar refractivity (Wildman–Crippen MR) is 93.7 cm³/mol. The molecule has 2 rings (SSSR count). The molecule has 1 amide bonds. The van der Waals surface area contributed by atoms with Crippen molar-refractivity contribution in [1.82, 2.24) is 0 Å². The Hall–Kier alpha value is -2.39. The van der Waals surface area contributed by atoms with Crippen LogP contribution in [0.1, 0.15) is 16.7 Å². The normalized spacial score (nSPS) is 9.96. The molecule has 0 aliphatic heterocycles. The number of amides is 1. The molecule has 0 aromatic heterocycles. The maximum atomic E-state index is 11.8. The number of anilines is 1. The average Bonchev–Trinajstić information content (AvgIpc) is 2.51. The summed E-state index contributed by atoms with van der Waals surface area (Å²) < 4.78 is 5.16. The highest BCUT2D eigenvalue weighted by Gasteiger charge is 2.06. The third-order valence-electron chi connectivity index (χ3n) is 3.33. The quantitative estimate of drug-likeness (QED) is 0.672. The van der Waals surface area contributed by atoms with Crippen molar-refractivity contribution in [2.45, 2.75) is 18.2 Å². The van der Waals surface area contributed by atoms with Crippen LogP contribution in [0.3, 0.4) is 0 Å². The Bertz CT molecular complexity index is 772. The summed E-state index contributed by atoms with van der Waals surface area (Å²) in [6.45, 7) is 2.22. The summed E-state index contributed by atoms with van der Waals surface area (Å²) in [6.07, 6.45) is 0.0485. The summed E-state index contributed by atoms with van der Waals surface area (Å²) in [5.74, 6) is 0. The number of carbonyl (C=O) groups is 1. The Labute approximate surface area is 142 Å². The van der Waals surface area contributed by atoms with Crippen LogP contribution in [0, 0.1) is 18.3 Å². The molecule has 0 spiro atoms. The van der Waals surface area contributed by atoms with Gasteiger partial charge < -0.3 is 4.74 Å². The Balaban J connectivity index is 1.87. The van der Waals surface area contributed by atoms with Gasteiger partial charge in [0.05, 0.1) is 12.2 Å². The number of benzene rings is 2. The lowest BCUT2D eigenvalue weighted by Gasteiger charge is -2.09. The van der Waals surface area contributed by atoms with Crippen molar-refractivity contribution in [1.29, 1.82) is 5.26 Å². The minimum Gasteiger partial charge on any atom is -0.449 e. The van der Waals surface area contributed by atoms with Crippen LogP contribution in [0.2, 0.25) is 0 Å². The first kappa shape index (κ1) is 17.0. The van der Waals surface area contributed by atoms with Crippen LogP contribution < -0.4 is 10.8 Å². The molecule has 1 N–H and O–H groups in total. The minimum absolute atomic E-state index is 0.256. The molecule has 0 saturated carbocycles. The van der Waals surface area contributed by atoms with Gasteiger partial charge in [-0.3, -0.25) is 5.32 Å². The highest BCUT2D eigenvalue weighted by atomic mass is 32.1. The van der Waals surface area contributed by atoms with Crippen molar-refractivity contribution in [3.63, 3.8) is 0 Å². The number of hydrogen-bond donors (Lipinski definition) is 2. The Morgan fingerprint density at radius 1 is 1.35 bits per heavy atom. The molecule has 0 aliphatic rings. The third-order valence-corrected chi connectivity index (χ3v) is 3.72. The number of ether oxygens (including phenoxy) is 1. The first-order valence-corrected chi connectivity index (χ1v) is 7.46. The van der Waals surface area contributed by atoms with E-state index in [1.165, 1.54) is 0 Å². The molecule has 6 heteroatoms. The second-order valence-electron chi connectivity index (χ2n) is 5.04. The minimum atomic E-state index is -0.561. The molecular weight excluding hydrogens is 307 g/mol. The highest BCUT2D eigenvalue weighted by molar-refractivity contribution is 7.80. The smallest absolute Gasteiger partial charge is 0.411 e. The monoisotopic (exact) mass is 322 g/mol. The van der Waals surface area contributed by atoms with Gasteiger partial charge in [-0.1, -0.05) is 23.7 Å². The van der Waals surface area contributed by atoms with Gasteiger partial charge in [0.1, 0.15) is 13.9 Å². The Morgan fingerprint density at radius 3 is 2.83 bits per heavy atom. The van der Waals surface area contributed by atoms with Crippen LogP contribution in [-0.2, 0) is 11.2 Å². The lowest BCUT2D eigenvalue weighted by Crippen LogP contribution is -2.16. The molecule has 2 radical (unpaired) electrons. The molecule has 23 heavy (non-hydrogen) atoms. The van der Waals surface area contributed by atoms with Crippen molar-refractivity contribution in [3.8, 4) is 6.07 Å². The van der Waals surface area contributed by atoms with E-state index in [1.54, 1.807) is 18.2 Å². The highest BCUT2D eigenvalue weighted by Crippen LogP contribution is 2.18. The van der Waals surface area contributed by atoms with Gasteiger partial charge in [-0.2, -0.15) is 5.26 Å². The molecule has 4 nitrogen and oxygen atoms in total. The topological polar surface area (TPSA) is 62.1 Å². The lowest BCUT2D eigenvalue weighted by molar-refractivity contribution is 0.163. The standard InChI is InChI=1S/C17H15BN2O2S/c1-11-8-14(18)3-2-12(11)6-7-22-17(21)20-15-4-5-16(23)13(9-15)10-19/h2-5,8-9,23H,6-7H2,1H3,(H,20,21). The average molecular weight is 322 g/mol. The Morgan fingerprint density at radius 2 is 2.13 bits per heavy atom. The number of thiol groups is 1. The van der Waals surface area contributed by atoms with Gasteiger partial charge in [-0.25, -0.2) is 4.79 Å². The molecule has 114 valence electrons. The molecule has 0 heterocycles. The summed E-state index contributed by atoms with van der Waals surface area (Å²) in [6, 6.07) is 12.5. The molecule has 0 aliphatic carbocycles. The SMILES string of the molecule is [B]c1ccc(CCOC(=O)Nc2ccc(S)c(C#N)c2)c(C)c1. The van der Waals surface area contributed by atoms with Crippen molar-refractivity contribution >= 4 is 37.7 Å². The largest absolute Gasteiger partial charge is 0.449 e. The molecule has 0 saturated heterocycles. The van der Waals surface area contributed by atoms with E-state index in [0.29, 0.717) is 28.0 Å². The third kappa shape index (κ3) is 4.80. The zero-order chi connectivity index (χ0) is 16.8. The van der Waals surface area contributed by atoms with E-state index < -0.39 is 6.09 Å². The van der Waals surface area contributed by atoms with Gasteiger partial charge in [0.25, 0.3) is 0 Å². The molecule has 0 fully saturated rings. The fourth-order valence-electron chi connectivity index (χ4n) is 2.11. The first-order chi connectivity index (χ1) is 11.0. The molecule has 2 aromatic carbocycles. The molecular formula is C17H15BN2O2S. The number of aryl methyl sites for hydroxylation is 1. The second kappa shape index (κ2) is 7.75. The van der Waals surface area contributed by atoms with E-state index in [2.05, 4.69) is 17.9 Å². The number of nitriles is 1. The van der Waals surface area contributed by atoms with E-state index in [-0.39, 0.29) is 6.61 Å². The molecule has 0 bridgehead atoms. The Kier molecular flexibility index (Phi) is 5.72. The van der Waals surface area contributed by atoms with Gasteiger partial charge in [0.2, 0.25) is 0 Å². The van der Waals surface area contributed by atoms with Crippen LogP contribution in [-0.4, -0.2) is 20.5 Å². The number of carbonyl (C=O) groups excluding carboxylic acids is 1. The summed E-state index contributed by atoms with van der Waals surface area (Å²) in [5.41, 5.74) is 3.75. The molecule has 0 unspecified atom stereocenters. The summed E-state index contributed by atoms with van der Waals surface area (Å²) in [7, 11) is 5.70. The number of rotatable bonds is 4. The summed E-state index contributed by atoms with van der Waals surface area (Å²) >= 11 is 4.15. The van der Waals surface area contributed by atoms with E-state index in [4.69, 9.17) is 17.8 Å². The van der Waals surface area contributed by atoms with Crippen molar-refractivity contribution in [2.75, 3.05) is 11.9 Å². The van der Waals surface area contributed by atoms with Gasteiger partial charge >= 0.3 is 6.09 Å². The van der Waals surface area contributed by atoms with Crippen LogP contribution in [0.4, 0.5) is 10.5 Å². The van der Waals surface area contributed by atoms with Crippen LogP contribution >= 0.6 is 12.6 Å². The van der Waals surface area contributed by atoms with Gasteiger partial charge in [0.15, 0.2) is 0 Å². The maximum absolute atomic E-state index is 11.8. The van der Waals surface area contributed by atoms with E-state index in [0.717, 1.165) is 11.1 Å². The van der Waals surface area contributed by atoms with Crippen molar-refractivity contribution in [2.24, 2.45) is 0 Å². The molecule has 2 aromatic rings. The number of hydrogen-bond acceptors (Lipinski definition) is 4. The maximum Gasteiger partial charge on any atom is 0.411 e. The van der Waals surface area contributed by atoms with Crippen LogP contribution in [0.5, 0.6) is 0 Å². The van der Waals surface area contributed by atoms with E-state index >= 15 is 0 Å². The first-order valence-electron chi connectivity index (χ1n) is 7.01.